The molecule has 0 spiro atoms. The lowest BCUT2D eigenvalue weighted by molar-refractivity contribution is -0.0500. The molecule has 11 heteroatoms. The Morgan fingerprint density at radius 3 is 2.42 bits per heavy atom. The van der Waals surface area contributed by atoms with E-state index in [9.17, 15) is 26.4 Å². The van der Waals surface area contributed by atoms with Gasteiger partial charge in [0.15, 0.2) is 0 Å². The summed E-state index contributed by atoms with van der Waals surface area (Å²) in [6, 6.07) is 3.02. The topological polar surface area (TPSA) is 82.1 Å². The molecule has 1 aromatic carbocycles. The number of methoxy groups -OCH3 is 1. The smallest absolute Gasteiger partial charge is 0.496 e. The molecule has 0 N–H and O–H groups in total. The maximum atomic E-state index is 12.4. The van der Waals surface area contributed by atoms with Crippen molar-refractivity contribution in [1.29, 1.82) is 0 Å². The molecule has 2 rings (SSSR count). The lowest BCUT2D eigenvalue weighted by atomic mass is 10.1. The monoisotopic (exact) mass is 369 g/mol. The molecule has 0 atom stereocenters. The van der Waals surface area contributed by atoms with Crippen LogP contribution in [-0.4, -0.2) is 58.1 Å². The van der Waals surface area contributed by atoms with Crippen LogP contribution in [0.2, 0.25) is 0 Å². The molecule has 1 fully saturated rings. The molecule has 1 aromatic rings. The molecule has 0 aliphatic carbocycles. The number of morpholine rings is 1. The third kappa shape index (κ3) is 3.90. The first-order chi connectivity index (χ1) is 11.2. The summed E-state index contributed by atoms with van der Waals surface area (Å²) >= 11 is 0. The quantitative estimate of drug-likeness (QED) is 0.589. The SMILES string of the molecule is COc1cc(OS(=O)(=O)C(F)(F)F)ccc1C(=O)N1CCOCC1. The van der Waals surface area contributed by atoms with E-state index in [1.54, 1.807) is 0 Å². The second kappa shape index (κ2) is 6.85. The van der Waals surface area contributed by atoms with Gasteiger partial charge in [0, 0.05) is 19.2 Å². The van der Waals surface area contributed by atoms with Crippen LogP contribution in [0.4, 0.5) is 13.2 Å². The number of hydrogen-bond donors (Lipinski definition) is 0. The van der Waals surface area contributed by atoms with Gasteiger partial charge in [-0.05, 0) is 12.1 Å². The minimum Gasteiger partial charge on any atom is -0.496 e. The Balaban J connectivity index is 2.26. The van der Waals surface area contributed by atoms with Gasteiger partial charge in [0.25, 0.3) is 5.91 Å². The second-order valence-electron chi connectivity index (χ2n) is 4.75. The molecule has 0 aromatic heterocycles. The highest BCUT2D eigenvalue weighted by atomic mass is 32.2. The van der Waals surface area contributed by atoms with E-state index in [4.69, 9.17) is 9.47 Å². The lowest BCUT2D eigenvalue weighted by Gasteiger charge is -2.27. The predicted molar refractivity (Wildman–Crippen MR) is 75.3 cm³/mol. The maximum Gasteiger partial charge on any atom is 0.534 e. The number of amides is 1. The molecule has 1 heterocycles. The zero-order chi connectivity index (χ0) is 18.0. The van der Waals surface area contributed by atoms with Gasteiger partial charge in [0.2, 0.25) is 0 Å². The first-order valence-corrected chi connectivity index (χ1v) is 8.12. The molecule has 134 valence electrons. The highest BCUT2D eigenvalue weighted by Crippen LogP contribution is 2.31. The fourth-order valence-corrected chi connectivity index (χ4v) is 2.46. The van der Waals surface area contributed by atoms with Crippen LogP contribution in [0.15, 0.2) is 18.2 Å². The van der Waals surface area contributed by atoms with Gasteiger partial charge in [-0.2, -0.15) is 21.6 Å². The van der Waals surface area contributed by atoms with Crippen LogP contribution in [-0.2, 0) is 14.9 Å². The molecular weight excluding hydrogens is 355 g/mol. The Bertz CT molecular complexity index is 713. The average Bonchev–Trinajstić information content (AvgIpc) is 2.53. The third-order valence-corrected chi connectivity index (χ3v) is 4.17. The highest BCUT2D eigenvalue weighted by Gasteiger charge is 2.48. The number of ether oxygens (including phenoxy) is 2. The van der Waals surface area contributed by atoms with E-state index in [0.717, 1.165) is 18.2 Å². The summed E-state index contributed by atoms with van der Waals surface area (Å²) in [5, 5.41) is 0. The van der Waals surface area contributed by atoms with Gasteiger partial charge in [0.05, 0.1) is 25.9 Å². The van der Waals surface area contributed by atoms with Crippen molar-refractivity contribution >= 4 is 16.0 Å². The van der Waals surface area contributed by atoms with Crippen LogP contribution in [0.3, 0.4) is 0 Å². The van der Waals surface area contributed by atoms with Gasteiger partial charge in [-0.1, -0.05) is 0 Å². The van der Waals surface area contributed by atoms with E-state index < -0.39 is 27.3 Å². The van der Waals surface area contributed by atoms with Gasteiger partial charge >= 0.3 is 15.6 Å². The van der Waals surface area contributed by atoms with Gasteiger partial charge < -0.3 is 18.6 Å². The number of nitrogens with zero attached hydrogens (tertiary/aromatic N) is 1. The number of alkyl halides is 3. The van der Waals surface area contributed by atoms with Crippen molar-refractivity contribution in [3.05, 3.63) is 23.8 Å². The molecule has 1 aliphatic heterocycles. The molecule has 7 nitrogen and oxygen atoms in total. The van der Waals surface area contributed by atoms with Crippen molar-refractivity contribution in [3.63, 3.8) is 0 Å². The van der Waals surface area contributed by atoms with Gasteiger partial charge in [-0.15, -0.1) is 0 Å². The summed E-state index contributed by atoms with van der Waals surface area (Å²) < 4.78 is 73.1. The minimum absolute atomic E-state index is 0.0798. The second-order valence-corrected chi connectivity index (χ2v) is 6.29. The van der Waals surface area contributed by atoms with Gasteiger partial charge in [0.1, 0.15) is 11.5 Å². The Hall–Kier alpha value is -2.01. The van der Waals surface area contributed by atoms with Crippen LogP contribution in [0.25, 0.3) is 0 Å². The average molecular weight is 369 g/mol. The Morgan fingerprint density at radius 1 is 1.25 bits per heavy atom. The molecule has 1 amide bonds. The fraction of sp³-hybridized carbons (Fsp3) is 0.462. The Morgan fingerprint density at radius 2 is 1.88 bits per heavy atom. The molecule has 1 saturated heterocycles. The van der Waals surface area contributed by atoms with Gasteiger partial charge in [-0.25, -0.2) is 0 Å². The Labute approximate surface area is 136 Å². The van der Waals surface area contributed by atoms with Gasteiger partial charge in [-0.3, -0.25) is 4.79 Å². The molecule has 0 saturated carbocycles. The van der Waals surface area contributed by atoms with Crippen LogP contribution in [0, 0.1) is 0 Å². The van der Waals surface area contributed by atoms with E-state index in [-0.39, 0.29) is 11.3 Å². The van der Waals surface area contributed by atoms with Crippen molar-refractivity contribution in [1.82, 2.24) is 4.90 Å². The van der Waals surface area contributed by atoms with E-state index >= 15 is 0 Å². The number of halogens is 3. The molecule has 24 heavy (non-hydrogen) atoms. The van der Waals surface area contributed by atoms with Crippen molar-refractivity contribution in [2.75, 3.05) is 33.4 Å². The third-order valence-electron chi connectivity index (χ3n) is 3.19. The summed E-state index contributed by atoms with van der Waals surface area (Å²) in [6.45, 7) is 1.48. The van der Waals surface area contributed by atoms with Crippen molar-refractivity contribution in [2.24, 2.45) is 0 Å². The molecule has 0 radical (unpaired) electrons. The molecular formula is C13H14F3NO6S. The van der Waals surface area contributed by atoms with E-state index in [1.807, 2.05) is 0 Å². The summed E-state index contributed by atoms with van der Waals surface area (Å²) in [5.41, 5.74) is -5.47. The summed E-state index contributed by atoms with van der Waals surface area (Å²) in [6.07, 6.45) is 0. The van der Waals surface area contributed by atoms with Crippen molar-refractivity contribution < 1.29 is 40.0 Å². The van der Waals surface area contributed by atoms with Crippen LogP contribution < -0.4 is 8.92 Å². The zero-order valence-electron chi connectivity index (χ0n) is 12.5. The lowest BCUT2D eigenvalue weighted by Crippen LogP contribution is -2.40. The van der Waals surface area contributed by atoms with Crippen LogP contribution in [0.5, 0.6) is 11.5 Å². The summed E-state index contributed by atoms with van der Waals surface area (Å²) in [4.78, 5) is 13.9. The molecule has 1 aliphatic rings. The summed E-state index contributed by atoms with van der Waals surface area (Å²) in [5.74, 6) is -1.11. The fourth-order valence-electron chi connectivity index (χ4n) is 2.01. The number of carbonyl (C=O) groups is 1. The highest BCUT2D eigenvalue weighted by molar-refractivity contribution is 7.88. The first kappa shape index (κ1) is 18.3. The predicted octanol–water partition coefficient (Wildman–Crippen LogP) is 1.40. The largest absolute Gasteiger partial charge is 0.534 e. The number of rotatable bonds is 4. The van der Waals surface area contributed by atoms with Crippen LogP contribution >= 0.6 is 0 Å². The van der Waals surface area contributed by atoms with E-state index in [0.29, 0.717) is 26.3 Å². The number of carbonyl (C=O) groups excluding carboxylic acids is 1. The standard InChI is InChI=1S/C13H14F3NO6S/c1-21-11-8-9(23-24(19,20)13(14,15)16)2-3-10(11)12(18)17-4-6-22-7-5-17/h2-3,8H,4-7H2,1H3. The first-order valence-electron chi connectivity index (χ1n) is 6.71. The van der Waals surface area contributed by atoms with Crippen molar-refractivity contribution in [2.45, 2.75) is 5.51 Å². The van der Waals surface area contributed by atoms with Crippen molar-refractivity contribution in [3.8, 4) is 11.5 Å². The summed E-state index contributed by atoms with van der Waals surface area (Å²) in [7, 11) is -4.59. The maximum absolute atomic E-state index is 12.4. The number of hydrogen-bond acceptors (Lipinski definition) is 6. The minimum atomic E-state index is -5.80. The van der Waals surface area contributed by atoms with E-state index in [2.05, 4.69) is 4.18 Å². The number of benzene rings is 1. The molecule has 0 bridgehead atoms. The normalized spacial score (nSPS) is 15.9. The van der Waals surface area contributed by atoms with E-state index in [1.165, 1.54) is 12.0 Å². The Kier molecular flexibility index (Phi) is 5.23. The van der Waals surface area contributed by atoms with Crippen LogP contribution in [0.1, 0.15) is 10.4 Å². The zero-order valence-corrected chi connectivity index (χ0v) is 13.3. The molecule has 0 unspecified atom stereocenters.